The second-order valence-electron chi connectivity index (χ2n) is 3.88. The number of nitrogens with zero attached hydrogens (tertiary/aromatic N) is 1. The molecule has 0 radical (unpaired) electrons. The quantitative estimate of drug-likeness (QED) is 0.722. The summed E-state index contributed by atoms with van der Waals surface area (Å²) in [6, 6.07) is 8.17. The van der Waals surface area contributed by atoms with E-state index in [0.29, 0.717) is 0 Å². The lowest BCUT2D eigenvalue weighted by molar-refractivity contribution is 0.356. The van der Waals surface area contributed by atoms with Crippen LogP contribution in [0.15, 0.2) is 28.7 Å². The lowest BCUT2D eigenvalue weighted by Crippen LogP contribution is -2.10. The zero-order valence-electron chi connectivity index (χ0n) is 8.87. The first-order valence-corrected chi connectivity index (χ1v) is 4.80. The van der Waals surface area contributed by atoms with Crippen LogP contribution in [0.3, 0.4) is 0 Å². The van der Waals surface area contributed by atoms with Gasteiger partial charge in [-0.1, -0.05) is 18.2 Å². The fraction of sp³-hybridized carbons (Fsp3) is 0.333. The number of hydrogen-bond acceptors (Lipinski definition) is 2. The number of hydrogen-bond donors (Lipinski definition) is 0. The van der Waals surface area contributed by atoms with Gasteiger partial charge in [-0.3, -0.25) is 0 Å². The minimum atomic E-state index is 0.862. The normalized spacial score (nSPS) is 11.4. The third-order valence-electron chi connectivity index (χ3n) is 2.40. The van der Waals surface area contributed by atoms with Crippen LogP contribution in [0.2, 0.25) is 0 Å². The van der Waals surface area contributed by atoms with E-state index in [1.807, 2.05) is 32.3 Å². The van der Waals surface area contributed by atoms with E-state index >= 15 is 0 Å². The fourth-order valence-electron chi connectivity index (χ4n) is 1.66. The Morgan fingerprint density at radius 2 is 1.93 bits per heavy atom. The molecule has 0 aliphatic rings. The van der Waals surface area contributed by atoms with Crippen LogP contribution >= 0.6 is 0 Å². The molecule has 0 saturated carbocycles. The first-order chi connectivity index (χ1) is 6.68. The monoisotopic (exact) mass is 189 g/mol. The minimum absolute atomic E-state index is 0.862. The third kappa shape index (κ3) is 1.53. The molecule has 2 nitrogen and oxygen atoms in total. The van der Waals surface area contributed by atoms with Crippen LogP contribution < -0.4 is 0 Å². The van der Waals surface area contributed by atoms with Gasteiger partial charge in [0.2, 0.25) is 0 Å². The molecule has 2 heteroatoms. The highest BCUT2D eigenvalue weighted by molar-refractivity contribution is 5.81. The van der Waals surface area contributed by atoms with Gasteiger partial charge in [0, 0.05) is 5.39 Å². The van der Waals surface area contributed by atoms with Gasteiger partial charge in [0.1, 0.15) is 11.3 Å². The second-order valence-corrected chi connectivity index (χ2v) is 3.88. The van der Waals surface area contributed by atoms with E-state index in [-0.39, 0.29) is 0 Å². The van der Waals surface area contributed by atoms with Crippen molar-refractivity contribution in [2.75, 3.05) is 14.1 Å². The Kier molecular flexibility index (Phi) is 2.30. The summed E-state index contributed by atoms with van der Waals surface area (Å²) in [6.07, 6.45) is 0. The minimum Gasteiger partial charge on any atom is -0.459 e. The summed E-state index contributed by atoms with van der Waals surface area (Å²) < 4.78 is 5.77. The molecule has 0 aliphatic carbocycles. The standard InChI is InChI=1S/C12H15NO/c1-9-10-6-4-5-7-11(10)14-12(9)8-13(2)3/h4-7H,8H2,1-3H3. The van der Waals surface area contributed by atoms with E-state index in [9.17, 15) is 0 Å². The van der Waals surface area contributed by atoms with Crippen molar-refractivity contribution in [2.45, 2.75) is 13.5 Å². The lowest BCUT2D eigenvalue weighted by Gasteiger charge is -2.06. The smallest absolute Gasteiger partial charge is 0.134 e. The van der Waals surface area contributed by atoms with Crippen molar-refractivity contribution in [1.82, 2.24) is 4.90 Å². The average molecular weight is 189 g/mol. The summed E-state index contributed by atoms with van der Waals surface area (Å²) in [6.45, 7) is 2.98. The highest BCUT2D eigenvalue weighted by atomic mass is 16.3. The zero-order valence-corrected chi connectivity index (χ0v) is 8.87. The summed E-state index contributed by atoms with van der Waals surface area (Å²) in [5.41, 5.74) is 2.25. The predicted octanol–water partition coefficient (Wildman–Crippen LogP) is 2.80. The molecule has 1 aromatic heterocycles. The Bertz CT molecular complexity index is 443. The van der Waals surface area contributed by atoms with Gasteiger partial charge < -0.3 is 9.32 Å². The Labute approximate surface area is 84.1 Å². The molecule has 1 heterocycles. The van der Waals surface area contributed by atoms with Crippen molar-refractivity contribution in [3.8, 4) is 0 Å². The lowest BCUT2D eigenvalue weighted by atomic mass is 10.1. The molecule has 0 unspecified atom stereocenters. The van der Waals surface area contributed by atoms with E-state index < -0.39 is 0 Å². The van der Waals surface area contributed by atoms with Crippen LogP contribution in [0.25, 0.3) is 11.0 Å². The number of benzene rings is 1. The molecule has 2 rings (SSSR count). The van der Waals surface area contributed by atoms with Gasteiger partial charge in [-0.15, -0.1) is 0 Å². The molecular weight excluding hydrogens is 174 g/mol. The molecule has 74 valence electrons. The van der Waals surface area contributed by atoms with Crippen molar-refractivity contribution >= 4 is 11.0 Å². The first-order valence-electron chi connectivity index (χ1n) is 4.80. The maximum atomic E-state index is 5.77. The van der Waals surface area contributed by atoms with Crippen molar-refractivity contribution in [3.63, 3.8) is 0 Å². The molecule has 0 aliphatic heterocycles. The van der Waals surface area contributed by atoms with E-state index in [1.54, 1.807) is 0 Å². The van der Waals surface area contributed by atoms with Gasteiger partial charge in [-0.05, 0) is 32.6 Å². The highest BCUT2D eigenvalue weighted by Crippen LogP contribution is 2.25. The number of rotatable bonds is 2. The SMILES string of the molecule is Cc1c(CN(C)C)oc2ccccc12. The largest absolute Gasteiger partial charge is 0.459 e. The predicted molar refractivity (Wildman–Crippen MR) is 58.3 cm³/mol. The molecule has 0 N–H and O–H groups in total. The molecule has 2 aromatic rings. The number of para-hydroxylation sites is 1. The molecule has 0 fully saturated rings. The zero-order chi connectivity index (χ0) is 10.1. The topological polar surface area (TPSA) is 16.4 Å². The number of furan rings is 1. The summed E-state index contributed by atoms with van der Waals surface area (Å²) >= 11 is 0. The Morgan fingerprint density at radius 3 is 2.57 bits per heavy atom. The van der Waals surface area contributed by atoms with Crippen molar-refractivity contribution in [1.29, 1.82) is 0 Å². The van der Waals surface area contributed by atoms with Gasteiger partial charge in [-0.25, -0.2) is 0 Å². The van der Waals surface area contributed by atoms with Crippen LogP contribution in [-0.4, -0.2) is 19.0 Å². The first kappa shape index (κ1) is 9.28. The summed E-state index contributed by atoms with van der Waals surface area (Å²) in [5, 5.41) is 1.23. The number of fused-ring (bicyclic) bond motifs is 1. The fourth-order valence-corrected chi connectivity index (χ4v) is 1.66. The number of aryl methyl sites for hydroxylation is 1. The van der Waals surface area contributed by atoms with Gasteiger partial charge in [0.05, 0.1) is 6.54 Å². The average Bonchev–Trinajstić information content (AvgIpc) is 2.44. The van der Waals surface area contributed by atoms with Gasteiger partial charge in [0.15, 0.2) is 0 Å². The van der Waals surface area contributed by atoms with Crippen LogP contribution in [0.4, 0.5) is 0 Å². The Hall–Kier alpha value is -1.28. The Morgan fingerprint density at radius 1 is 1.21 bits per heavy atom. The molecule has 0 atom stereocenters. The molecule has 14 heavy (non-hydrogen) atoms. The summed E-state index contributed by atoms with van der Waals surface area (Å²) in [5.74, 6) is 1.07. The molecule has 0 saturated heterocycles. The van der Waals surface area contributed by atoms with Gasteiger partial charge in [0.25, 0.3) is 0 Å². The van der Waals surface area contributed by atoms with Crippen LogP contribution in [-0.2, 0) is 6.54 Å². The van der Waals surface area contributed by atoms with Crippen LogP contribution in [0.1, 0.15) is 11.3 Å². The van der Waals surface area contributed by atoms with E-state index in [2.05, 4.69) is 17.9 Å². The summed E-state index contributed by atoms with van der Waals surface area (Å²) in [7, 11) is 4.10. The van der Waals surface area contributed by atoms with Crippen molar-refractivity contribution < 1.29 is 4.42 Å². The molecular formula is C12H15NO. The maximum absolute atomic E-state index is 5.77. The van der Waals surface area contributed by atoms with Gasteiger partial charge >= 0.3 is 0 Å². The van der Waals surface area contributed by atoms with Crippen molar-refractivity contribution in [2.24, 2.45) is 0 Å². The third-order valence-corrected chi connectivity index (χ3v) is 2.40. The van der Waals surface area contributed by atoms with Gasteiger partial charge in [-0.2, -0.15) is 0 Å². The summed E-state index contributed by atoms with van der Waals surface area (Å²) in [4.78, 5) is 2.12. The van der Waals surface area contributed by atoms with Crippen molar-refractivity contribution in [3.05, 3.63) is 35.6 Å². The molecule has 0 spiro atoms. The molecule has 0 bridgehead atoms. The second kappa shape index (κ2) is 3.46. The van der Waals surface area contributed by atoms with Crippen LogP contribution in [0.5, 0.6) is 0 Å². The van der Waals surface area contributed by atoms with E-state index in [1.165, 1.54) is 10.9 Å². The molecule has 1 aromatic carbocycles. The maximum Gasteiger partial charge on any atom is 0.134 e. The Balaban J connectivity index is 2.51. The molecule has 0 amide bonds. The van der Waals surface area contributed by atoms with E-state index in [4.69, 9.17) is 4.42 Å². The van der Waals surface area contributed by atoms with Crippen LogP contribution in [0, 0.1) is 6.92 Å². The highest BCUT2D eigenvalue weighted by Gasteiger charge is 2.09. The van der Waals surface area contributed by atoms with E-state index in [0.717, 1.165) is 17.9 Å².